The van der Waals surface area contributed by atoms with Gasteiger partial charge in [0.1, 0.15) is 0 Å². The van der Waals surface area contributed by atoms with E-state index in [2.05, 4.69) is 0 Å². The van der Waals surface area contributed by atoms with Crippen molar-refractivity contribution in [2.75, 3.05) is 13.2 Å². The van der Waals surface area contributed by atoms with Gasteiger partial charge in [-0.1, -0.05) is 54.1 Å². The highest BCUT2D eigenvalue weighted by Gasteiger charge is 2.34. The molecule has 0 spiro atoms. The molecule has 33 heavy (non-hydrogen) atoms. The van der Waals surface area contributed by atoms with Crippen molar-refractivity contribution < 1.29 is 19.6 Å². The fourth-order valence-corrected chi connectivity index (χ4v) is 3.50. The van der Waals surface area contributed by atoms with E-state index < -0.39 is 28.2 Å². The number of nitrogens with zero attached hydrogens (tertiary/aromatic N) is 3. The van der Waals surface area contributed by atoms with Crippen molar-refractivity contribution in [2.24, 2.45) is 0 Å². The molecule has 1 amide bonds. The molecule has 0 aliphatic rings. The van der Waals surface area contributed by atoms with Gasteiger partial charge in [0.05, 0.1) is 16.6 Å². The molecule has 3 aromatic rings. The van der Waals surface area contributed by atoms with Crippen LogP contribution >= 0.6 is 11.6 Å². The van der Waals surface area contributed by atoms with Crippen molar-refractivity contribution >= 4 is 29.0 Å². The molecular weight excluding hydrogens is 450 g/mol. The van der Waals surface area contributed by atoms with E-state index in [1.165, 1.54) is 35.4 Å². The Morgan fingerprint density at radius 1 is 1.09 bits per heavy atom. The van der Waals surface area contributed by atoms with Gasteiger partial charge in [0.15, 0.2) is 11.8 Å². The molecule has 0 fully saturated rings. The number of aromatic nitrogens is 1. The maximum Gasteiger partial charge on any atom is 0.270 e. The molecule has 0 aliphatic carbocycles. The molecular formula is C23H20ClN3O6. The van der Waals surface area contributed by atoms with E-state index in [0.717, 1.165) is 22.3 Å². The highest BCUT2D eigenvalue weighted by Crippen LogP contribution is 2.22. The number of halogens is 1. The topological polar surface area (TPSA) is 123 Å². The van der Waals surface area contributed by atoms with Crippen molar-refractivity contribution in [3.8, 4) is 0 Å². The van der Waals surface area contributed by atoms with Crippen molar-refractivity contribution in [1.29, 1.82) is 0 Å². The SMILES string of the molecule is O=C(c1cccc([N+](=O)[O-])c1)[C@H](C(=O)N(CCO)Cc1ccccc1)n1cc(Cl)ccc1=O. The van der Waals surface area contributed by atoms with Gasteiger partial charge in [-0.25, -0.2) is 0 Å². The first-order valence-corrected chi connectivity index (χ1v) is 10.3. The fourth-order valence-electron chi connectivity index (χ4n) is 3.33. The van der Waals surface area contributed by atoms with Gasteiger partial charge in [0, 0.05) is 43.0 Å². The molecule has 9 nitrogen and oxygen atoms in total. The average Bonchev–Trinajstić information content (AvgIpc) is 2.81. The maximum atomic E-state index is 13.6. The molecule has 0 radical (unpaired) electrons. The van der Waals surface area contributed by atoms with Gasteiger partial charge < -0.3 is 10.0 Å². The van der Waals surface area contributed by atoms with Crippen molar-refractivity contribution in [2.45, 2.75) is 12.6 Å². The van der Waals surface area contributed by atoms with Crippen LogP contribution in [-0.2, 0) is 11.3 Å². The van der Waals surface area contributed by atoms with E-state index in [9.17, 15) is 29.6 Å². The number of carbonyl (C=O) groups excluding carboxylic acids is 2. The quantitative estimate of drug-likeness (QED) is 0.222. The first-order valence-electron chi connectivity index (χ1n) is 9.91. The number of aliphatic hydroxyl groups excluding tert-OH is 1. The maximum absolute atomic E-state index is 13.6. The number of non-ortho nitro benzene ring substituents is 1. The number of aliphatic hydroxyl groups is 1. The standard InChI is InChI=1S/C23H20ClN3O6/c24-18-9-10-20(29)26(15-18)21(22(30)17-7-4-8-19(13-17)27(32)33)23(31)25(11-12-28)14-16-5-2-1-3-6-16/h1-10,13,15,21,28H,11-12,14H2/t21-/m1/s1. The zero-order valence-electron chi connectivity index (χ0n) is 17.3. The predicted octanol–water partition coefficient (Wildman–Crippen LogP) is 2.86. The van der Waals surface area contributed by atoms with Crippen LogP contribution in [0.25, 0.3) is 0 Å². The molecule has 0 bridgehead atoms. The minimum Gasteiger partial charge on any atom is -0.395 e. The van der Waals surface area contributed by atoms with Gasteiger partial charge >= 0.3 is 0 Å². The number of ketones is 1. The summed E-state index contributed by atoms with van der Waals surface area (Å²) < 4.78 is 0.904. The summed E-state index contributed by atoms with van der Waals surface area (Å²) in [5.41, 5.74) is -0.348. The van der Waals surface area contributed by atoms with Crippen LogP contribution in [0.1, 0.15) is 22.0 Å². The second kappa shape index (κ2) is 10.7. The van der Waals surface area contributed by atoms with Crippen molar-refractivity contribution in [1.82, 2.24) is 9.47 Å². The van der Waals surface area contributed by atoms with Gasteiger partial charge in [0.2, 0.25) is 0 Å². The van der Waals surface area contributed by atoms with Gasteiger partial charge in [-0.3, -0.25) is 29.1 Å². The van der Waals surface area contributed by atoms with Crippen LogP contribution in [0.4, 0.5) is 5.69 Å². The number of nitro benzene ring substituents is 1. The Labute approximate surface area is 193 Å². The second-order valence-corrected chi connectivity index (χ2v) is 7.57. The Kier molecular flexibility index (Phi) is 7.70. The Bertz CT molecular complexity index is 1230. The Morgan fingerprint density at radius 3 is 2.48 bits per heavy atom. The first-order chi connectivity index (χ1) is 15.8. The molecule has 2 aromatic carbocycles. The third kappa shape index (κ3) is 5.71. The minimum absolute atomic E-state index is 0.0776. The number of benzene rings is 2. The lowest BCUT2D eigenvalue weighted by Crippen LogP contribution is -2.44. The number of hydrogen-bond acceptors (Lipinski definition) is 6. The Hall–Kier alpha value is -3.82. The summed E-state index contributed by atoms with van der Waals surface area (Å²) in [5, 5.41) is 20.8. The minimum atomic E-state index is -1.67. The molecule has 0 unspecified atom stereocenters. The number of hydrogen-bond donors (Lipinski definition) is 1. The molecule has 1 heterocycles. The summed E-state index contributed by atoms with van der Waals surface area (Å²) in [5.74, 6) is -1.57. The summed E-state index contributed by atoms with van der Waals surface area (Å²) in [4.78, 5) is 51.4. The molecule has 3 rings (SSSR count). The number of amides is 1. The van der Waals surface area contributed by atoms with E-state index >= 15 is 0 Å². The average molecular weight is 470 g/mol. The molecule has 0 aliphatic heterocycles. The summed E-state index contributed by atoms with van der Waals surface area (Å²) in [6.07, 6.45) is 1.17. The smallest absolute Gasteiger partial charge is 0.270 e. The normalized spacial score (nSPS) is 11.6. The van der Waals surface area contributed by atoms with E-state index in [-0.39, 0.29) is 36.0 Å². The van der Waals surface area contributed by atoms with Gasteiger partial charge in [-0.15, -0.1) is 0 Å². The molecule has 10 heteroatoms. The van der Waals surface area contributed by atoms with Crippen LogP contribution in [0.3, 0.4) is 0 Å². The van der Waals surface area contributed by atoms with E-state index in [4.69, 9.17) is 11.6 Å². The zero-order chi connectivity index (χ0) is 24.0. The van der Waals surface area contributed by atoms with Crippen LogP contribution < -0.4 is 5.56 Å². The van der Waals surface area contributed by atoms with E-state index in [1.807, 2.05) is 6.07 Å². The molecule has 170 valence electrons. The summed E-state index contributed by atoms with van der Waals surface area (Å²) in [6, 6.07) is 14.6. The van der Waals surface area contributed by atoms with Crippen LogP contribution in [0.15, 0.2) is 77.7 Å². The molecule has 1 N–H and O–H groups in total. The lowest BCUT2D eigenvalue weighted by atomic mass is 10.0. The molecule has 1 atom stereocenters. The molecule has 0 saturated carbocycles. The highest BCUT2D eigenvalue weighted by atomic mass is 35.5. The van der Waals surface area contributed by atoms with Crippen LogP contribution in [0, 0.1) is 10.1 Å². The third-order valence-corrected chi connectivity index (χ3v) is 5.13. The van der Waals surface area contributed by atoms with Gasteiger partial charge in [0.25, 0.3) is 17.2 Å². The Balaban J connectivity index is 2.09. The number of pyridine rings is 1. The second-order valence-electron chi connectivity index (χ2n) is 7.14. The number of carbonyl (C=O) groups is 2. The number of nitro groups is 1. The third-order valence-electron chi connectivity index (χ3n) is 4.90. The van der Waals surface area contributed by atoms with Crippen molar-refractivity contribution in [3.05, 3.63) is 110 Å². The van der Waals surface area contributed by atoms with E-state index in [1.54, 1.807) is 24.3 Å². The highest BCUT2D eigenvalue weighted by molar-refractivity contribution is 6.30. The Morgan fingerprint density at radius 2 is 1.82 bits per heavy atom. The lowest BCUT2D eigenvalue weighted by molar-refractivity contribution is -0.384. The van der Waals surface area contributed by atoms with E-state index in [0.29, 0.717) is 0 Å². The summed E-state index contributed by atoms with van der Waals surface area (Å²) in [7, 11) is 0. The van der Waals surface area contributed by atoms with Crippen LogP contribution in [0.5, 0.6) is 0 Å². The zero-order valence-corrected chi connectivity index (χ0v) is 18.1. The van der Waals surface area contributed by atoms with Gasteiger partial charge in [-0.2, -0.15) is 0 Å². The largest absolute Gasteiger partial charge is 0.395 e. The fraction of sp³-hybridized carbons (Fsp3) is 0.174. The lowest BCUT2D eigenvalue weighted by Gasteiger charge is -2.27. The predicted molar refractivity (Wildman–Crippen MR) is 121 cm³/mol. The molecule has 0 saturated heterocycles. The van der Waals surface area contributed by atoms with Gasteiger partial charge in [-0.05, 0) is 11.6 Å². The summed E-state index contributed by atoms with van der Waals surface area (Å²) in [6.45, 7) is -0.392. The number of rotatable bonds is 9. The molecule has 1 aromatic heterocycles. The first kappa shape index (κ1) is 23.8. The van der Waals surface area contributed by atoms with Crippen LogP contribution in [-0.4, -0.2) is 44.3 Å². The monoisotopic (exact) mass is 469 g/mol. The summed E-state index contributed by atoms with van der Waals surface area (Å²) >= 11 is 6.03. The number of Topliss-reactive ketones (excluding diaryl/α,β-unsaturated/α-hetero) is 1. The van der Waals surface area contributed by atoms with Crippen LogP contribution in [0.2, 0.25) is 5.02 Å². The van der Waals surface area contributed by atoms with Crippen molar-refractivity contribution in [3.63, 3.8) is 0 Å².